The molecule has 0 radical (unpaired) electrons. The van der Waals surface area contributed by atoms with Crippen molar-refractivity contribution in [1.82, 2.24) is 10.6 Å². The van der Waals surface area contributed by atoms with E-state index in [1.54, 1.807) is 18.2 Å². The second-order valence-corrected chi connectivity index (χ2v) is 14.6. The molecule has 10 atom stereocenters. The van der Waals surface area contributed by atoms with Crippen LogP contribution in [0.4, 0.5) is 0 Å². The maximum Gasteiger partial charge on any atom is 0.326 e. The van der Waals surface area contributed by atoms with E-state index in [0.29, 0.717) is 25.7 Å². The number of rotatable bonds is 21. The number of aliphatic imine (C=N–C) groups is 1. The summed E-state index contributed by atoms with van der Waals surface area (Å²) >= 11 is 0. The fraction of sp³-hybridized carbons (Fsp3) is 0.684. The van der Waals surface area contributed by atoms with E-state index in [1.807, 2.05) is 33.8 Å². The van der Waals surface area contributed by atoms with E-state index in [1.165, 1.54) is 26.4 Å². The number of carbonyl (C=O) groups is 3. The van der Waals surface area contributed by atoms with Crippen LogP contribution in [0.2, 0.25) is 0 Å². The third kappa shape index (κ3) is 13.9. The molecule has 10 N–H and O–H groups in total. The van der Waals surface area contributed by atoms with Crippen LogP contribution in [0.3, 0.4) is 0 Å². The molecule has 16 nitrogen and oxygen atoms in total. The van der Waals surface area contributed by atoms with Gasteiger partial charge in [0.1, 0.15) is 12.1 Å². The summed E-state index contributed by atoms with van der Waals surface area (Å²) in [7, 11) is 2.75. The fourth-order valence-electron chi connectivity index (χ4n) is 6.38. The standard InChI is InChI=1S/C38H63N5O11/c1-23-22-38(52-7,54-25(3)24(23)2)32(47)33(48)43-34(51-6)28-21-29(45)37(4,5)30(53-28)20-26(44)16-13-11-9-8-10-12-14-18-31(46)42-27(35(49)50)17-15-19-41-36(39)40/h8-10,12,14,18,24-30,32,34,44-45,47H,1,11,13,15-17,19-22H2,2-7H3,(H,42,46)(H,43,48)(H,49,50)(H4,39,40,41)/b9-8+,12-10+,18-14+/t24-,25-,26-,27?,28+,29-,30-,32-,34+,38-/m1/s1. The van der Waals surface area contributed by atoms with Crippen molar-refractivity contribution in [3.05, 3.63) is 48.6 Å². The highest BCUT2D eigenvalue weighted by atomic mass is 16.7. The topological polar surface area (TPSA) is 258 Å². The van der Waals surface area contributed by atoms with E-state index in [9.17, 15) is 34.8 Å². The Hall–Kier alpha value is -3.64. The van der Waals surface area contributed by atoms with E-state index in [2.05, 4.69) is 22.2 Å². The Morgan fingerprint density at radius 2 is 1.76 bits per heavy atom. The number of allylic oxidation sites excluding steroid dienone is 5. The van der Waals surface area contributed by atoms with Gasteiger partial charge in [-0.2, -0.15) is 0 Å². The molecule has 2 aliphatic heterocycles. The summed E-state index contributed by atoms with van der Waals surface area (Å²) in [5, 5.41) is 47.6. The van der Waals surface area contributed by atoms with Gasteiger partial charge in [0.05, 0.1) is 24.4 Å². The number of carbonyl (C=O) groups excluding carboxylic acids is 2. The highest BCUT2D eigenvalue weighted by Gasteiger charge is 2.51. The molecule has 0 aromatic rings. The van der Waals surface area contributed by atoms with Crippen molar-refractivity contribution in [3.8, 4) is 0 Å². The third-order valence-electron chi connectivity index (χ3n) is 10.2. The van der Waals surface area contributed by atoms with E-state index >= 15 is 0 Å². The SMILES string of the molecule is C=C1C[C@](OC)([C@H](O)C(=O)N[C@@H](OC)[C@@H]2C[C@@H](O)C(C)(C)[C@@H](C[C@H](O)CCC/C=C/C=C/C=C/C(=O)NC(CCCN=C(N)N)C(=O)O)O2)O[C@H](C)[C@@H]1C. The van der Waals surface area contributed by atoms with Gasteiger partial charge in [-0.05, 0) is 39.0 Å². The number of nitrogens with two attached hydrogens (primary N) is 2. The predicted octanol–water partition coefficient (Wildman–Crippen LogP) is 1.54. The number of hydrogen-bond acceptors (Lipinski definition) is 11. The smallest absolute Gasteiger partial charge is 0.326 e. The molecule has 0 spiro atoms. The maximum absolute atomic E-state index is 13.3. The lowest BCUT2D eigenvalue weighted by atomic mass is 9.74. The summed E-state index contributed by atoms with van der Waals surface area (Å²) in [6, 6.07) is -1.06. The first kappa shape index (κ1) is 46.5. The first-order valence-electron chi connectivity index (χ1n) is 18.4. The van der Waals surface area contributed by atoms with Gasteiger partial charge in [-0.1, -0.05) is 63.3 Å². The molecule has 54 heavy (non-hydrogen) atoms. The summed E-state index contributed by atoms with van der Waals surface area (Å²) < 4.78 is 23.5. The lowest BCUT2D eigenvalue weighted by Crippen LogP contribution is -2.62. The van der Waals surface area contributed by atoms with Gasteiger partial charge in [0.15, 0.2) is 18.3 Å². The zero-order valence-corrected chi connectivity index (χ0v) is 32.5. The van der Waals surface area contributed by atoms with Crippen LogP contribution >= 0.6 is 0 Å². The van der Waals surface area contributed by atoms with Crippen LogP contribution in [-0.2, 0) is 33.3 Å². The quantitative estimate of drug-likeness (QED) is 0.0157. The second kappa shape index (κ2) is 22.0. The summed E-state index contributed by atoms with van der Waals surface area (Å²) in [6.45, 7) is 11.8. The number of hydrogen-bond donors (Lipinski definition) is 8. The number of nitrogens with one attached hydrogen (secondary N) is 2. The number of nitrogens with zero attached hydrogens (tertiary/aromatic N) is 1. The molecule has 2 fully saturated rings. The Morgan fingerprint density at radius 1 is 1.07 bits per heavy atom. The number of ether oxygens (including phenoxy) is 4. The van der Waals surface area contributed by atoms with Crippen molar-refractivity contribution in [2.75, 3.05) is 20.8 Å². The molecule has 1 unspecified atom stereocenters. The molecule has 2 aliphatic rings. The minimum Gasteiger partial charge on any atom is -0.480 e. The van der Waals surface area contributed by atoms with Gasteiger partial charge in [-0.15, -0.1) is 0 Å². The number of amides is 2. The molecule has 0 aromatic heterocycles. The first-order chi connectivity index (χ1) is 25.4. The van der Waals surface area contributed by atoms with Gasteiger partial charge in [-0.25, -0.2) is 4.79 Å². The highest BCUT2D eigenvalue weighted by molar-refractivity contribution is 5.91. The normalized spacial score (nSPS) is 28.1. The Morgan fingerprint density at radius 3 is 2.37 bits per heavy atom. The molecule has 306 valence electrons. The van der Waals surface area contributed by atoms with Crippen LogP contribution in [0.15, 0.2) is 53.6 Å². The number of aliphatic hydroxyl groups is 3. The number of methoxy groups -OCH3 is 2. The Balaban J connectivity index is 1.86. The molecule has 2 amide bonds. The maximum atomic E-state index is 13.3. The molecule has 16 heteroatoms. The third-order valence-corrected chi connectivity index (χ3v) is 10.2. The number of carboxylic acid groups (broad SMARTS) is 1. The van der Waals surface area contributed by atoms with Crippen LogP contribution in [0.25, 0.3) is 0 Å². The van der Waals surface area contributed by atoms with Crippen molar-refractivity contribution >= 4 is 23.7 Å². The summed E-state index contributed by atoms with van der Waals surface area (Å²) in [5.41, 5.74) is 10.6. The lowest BCUT2D eigenvalue weighted by Gasteiger charge is -2.48. The van der Waals surface area contributed by atoms with Crippen molar-refractivity contribution in [2.24, 2.45) is 27.8 Å². The van der Waals surface area contributed by atoms with Crippen LogP contribution in [0.1, 0.15) is 79.1 Å². The largest absolute Gasteiger partial charge is 0.480 e. The summed E-state index contributed by atoms with van der Waals surface area (Å²) in [6.07, 6.45) is 6.71. The Labute approximate surface area is 318 Å². The van der Waals surface area contributed by atoms with Crippen molar-refractivity contribution in [2.45, 2.75) is 134 Å². The first-order valence-corrected chi connectivity index (χ1v) is 18.4. The fourth-order valence-corrected chi connectivity index (χ4v) is 6.38. The molecular formula is C38H63N5O11. The van der Waals surface area contributed by atoms with Gasteiger partial charge in [0, 0.05) is 57.4 Å². The van der Waals surface area contributed by atoms with Gasteiger partial charge in [0.2, 0.25) is 11.7 Å². The number of guanidine groups is 1. The Bertz CT molecular complexity index is 1360. The minimum atomic E-state index is -1.71. The van der Waals surface area contributed by atoms with Gasteiger partial charge in [0.25, 0.3) is 5.91 Å². The van der Waals surface area contributed by atoms with Crippen LogP contribution < -0.4 is 22.1 Å². The minimum absolute atomic E-state index is 0.0163. The van der Waals surface area contributed by atoms with Crippen LogP contribution in [0, 0.1) is 11.3 Å². The summed E-state index contributed by atoms with van der Waals surface area (Å²) in [4.78, 5) is 40.6. The zero-order valence-electron chi connectivity index (χ0n) is 32.5. The van der Waals surface area contributed by atoms with Gasteiger partial charge < -0.3 is 61.5 Å². The number of aliphatic hydroxyl groups excluding tert-OH is 3. The van der Waals surface area contributed by atoms with Crippen LogP contribution in [0.5, 0.6) is 0 Å². The average Bonchev–Trinajstić information content (AvgIpc) is 3.11. The predicted molar refractivity (Wildman–Crippen MR) is 203 cm³/mol. The van der Waals surface area contributed by atoms with Crippen molar-refractivity contribution in [1.29, 1.82) is 0 Å². The van der Waals surface area contributed by atoms with Crippen molar-refractivity contribution < 1.29 is 53.8 Å². The molecule has 2 heterocycles. The van der Waals surface area contributed by atoms with Crippen LogP contribution in [-0.4, -0.2) is 120 Å². The van der Waals surface area contributed by atoms with Gasteiger partial charge in [-0.3, -0.25) is 14.6 Å². The van der Waals surface area contributed by atoms with E-state index in [4.69, 9.17) is 30.4 Å². The number of unbranched alkanes of at least 4 members (excludes halogenated alkanes) is 1. The van der Waals surface area contributed by atoms with Gasteiger partial charge >= 0.3 is 5.97 Å². The zero-order chi connectivity index (χ0) is 40.6. The molecular weight excluding hydrogens is 702 g/mol. The van der Waals surface area contributed by atoms with E-state index < -0.39 is 71.8 Å². The molecule has 2 saturated heterocycles. The van der Waals surface area contributed by atoms with E-state index in [-0.39, 0.29) is 50.2 Å². The molecule has 0 bridgehead atoms. The number of carboxylic acids is 1. The van der Waals surface area contributed by atoms with E-state index in [0.717, 1.165) is 5.57 Å². The Kier molecular flexibility index (Phi) is 19.0. The average molecular weight is 766 g/mol. The van der Waals surface area contributed by atoms with Crippen molar-refractivity contribution in [3.63, 3.8) is 0 Å². The monoisotopic (exact) mass is 765 g/mol. The number of aliphatic carboxylic acids is 1. The summed E-state index contributed by atoms with van der Waals surface area (Å²) in [5.74, 6) is -4.17. The molecule has 0 saturated carbocycles. The molecule has 0 aliphatic carbocycles. The lowest BCUT2D eigenvalue weighted by molar-refractivity contribution is -0.298. The molecule has 0 aromatic carbocycles. The highest BCUT2D eigenvalue weighted by Crippen LogP contribution is 2.41. The second-order valence-electron chi connectivity index (χ2n) is 14.6. The molecule has 2 rings (SSSR count).